The zero-order valence-corrected chi connectivity index (χ0v) is 23.9. The number of allylic oxidation sites excluding steroid dienone is 5. The van der Waals surface area contributed by atoms with Gasteiger partial charge in [-0.2, -0.15) is 0 Å². The van der Waals surface area contributed by atoms with Crippen LogP contribution in [0.25, 0.3) is 5.57 Å². The fraction of sp³-hybridized carbons (Fsp3) is 0.520. The van der Waals surface area contributed by atoms with E-state index in [0.717, 1.165) is 19.3 Å². The number of hydrogen-bond acceptors (Lipinski definition) is 1. The molecule has 30 heavy (non-hydrogen) atoms. The van der Waals surface area contributed by atoms with Crippen molar-refractivity contribution in [3.8, 4) is 0 Å². The summed E-state index contributed by atoms with van der Waals surface area (Å²) in [6, 6.07) is 12.6. The van der Waals surface area contributed by atoms with Crippen molar-refractivity contribution in [2.75, 3.05) is 0 Å². The van der Waals surface area contributed by atoms with Crippen LogP contribution in [0, 0.1) is 5.92 Å². The van der Waals surface area contributed by atoms with E-state index in [1.807, 2.05) is 0 Å². The van der Waals surface area contributed by atoms with Gasteiger partial charge < -0.3 is 29.2 Å². The maximum Gasteiger partial charge on any atom is 2.00 e. The molecule has 2 unspecified atom stereocenters. The molecule has 0 saturated carbocycles. The molecular formula is C25H36Cl2OSiZr. The van der Waals surface area contributed by atoms with E-state index in [1.54, 1.807) is 5.57 Å². The Morgan fingerprint density at radius 2 is 1.63 bits per heavy atom. The first-order valence-electron chi connectivity index (χ1n) is 11.0. The van der Waals surface area contributed by atoms with Crippen LogP contribution in [0.3, 0.4) is 0 Å². The van der Waals surface area contributed by atoms with E-state index >= 15 is 0 Å². The fourth-order valence-corrected chi connectivity index (χ4v) is 7.59. The van der Waals surface area contributed by atoms with Crippen molar-refractivity contribution in [3.63, 3.8) is 0 Å². The third-order valence-electron chi connectivity index (χ3n) is 6.86. The van der Waals surface area contributed by atoms with E-state index in [2.05, 4.69) is 76.3 Å². The molecule has 0 saturated heterocycles. The summed E-state index contributed by atoms with van der Waals surface area (Å²) in [5.74, 6) is 0.621. The molecule has 2 atom stereocenters. The SMILES string of the molecule is CCC(CC(O[Si](CC)(CC)CC)C1=CCc2ccccc21)C1=CC=CC1.[Cl-].[Cl-].[Zr+2]. The Morgan fingerprint density at radius 3 is 2.20 bits per heavy atom. The molecule has 0 bridgehead atoms. The van der Waals surface area contributed by atoms with E-state index in [1.165, 1.54) is 41.3 Å². The van der Waals surface area contributed by atoms with Crippen LogP contribution < -0.4 is 24.8 Å². The zero-order chi connectivity index (χ0) is 19.3. The van der Waals surface area contributed by atoms with Crippen molar-refractivity contribution < 1.29 is 55.4 Å². The molecule has 0 N–H and O–H groups in total. The number of fused-ring (bicyclic) bond motifs is 1. The average molecular weight is 543 g/mol. The molecule has 0 radical (unpaired) electrons. The van der Waals surface area contributed by atoms with Crippen molar-refractivity contribution in [3.05, 3.63) is 65.3 Å². The summed E-state index contributed by atoms with van der Waals surface area (Å²) in [6.07, 6.45) is 14.1. The Morgan fingerprint density at radius 1 is 0.967 bits per heavy atom. The van der Waals surface area contributed by atoms with Crippen LogP contribution in [0.1, 0.15) is 58.1 Å². The largest absolute Gasteiger partial charge is 2.00 e. The van der Waals surface area contributed by atoms with Gasteiger partial charge in [0, 0.05) is 0 Å². The Labute approximate surface area is 216 Å². The standard InChI is InChI=1S/C25H36OSi.2ClH.Zr/c1-5-20(21-13-9-10-14-21)19-25(26-27(6-2,7-3)8-4)24-18-17-22-15-11-12-16-23(22)24;;;/h9-13,15-16,18,20,25H,5-8,14,17,19H2,1-4H3;2*1H;/q;;;+2/p-2. The zero-order valence-electron chi connectivity index (χ0n) is 18.9. The van der Waals surface area contributed by atoms with Gasteiger partial charge in [-0.25, -0.2) is 0 Å². The smallest absolute Gasteiger partial charge is 1.00 e. The van der Waals surface area contributed by atoms with Crippen LogP contribution >= 0.6 is 0 Å². The summed E-state index contributed by atoms with van der Waals surface area (Å²) >= 11 is 0. The summed E-state index contributed by atoms with van der Waals surface area (Å²) in [4.78, 5) is 0. The molecule has 5 heteroatoms. The van der Waals surface area contributed by atoms with Gasteiger partial charge in [0.15, 0.2) is 8.32 Å². The summed E-state index contributed by atoms with van der Waals surface area (Å²) < 4.78 is 7.14. The molecule has 1 aromatic rings. The Kier molecular flexibility index (Phi) is 14.3. The predicted molar refractivity (Wildman–Crippen MR) is 120 cm³/mol. The molecule has 0 heterocycles. The molecule has 2 aliphatic carbocycles. The van der Waals surface area contributed by atoms with E-state index < -0.39 is 8.32 Å². The van der Waals surface area contributed by atoms with Crippen molar-refractivity contribution in [2.24, 2.45) is 5.92 Å². The van der Waals surface area contributed by atoms with Crippen molar-refractivity contribution in [1.29, 1.82) is 0 Å². The quantitative estimate of drug-likeness (QED) is 0.406. The van der Waals surface area contributed by atoms with Crippen molar-refractivity contribution in [2.45, 2.75) is 77.6 Å². The van der Waals surface area contributed by atoms with E-state index in [9.17, 15) is 0 Å². The summed E-state index contributed by atoms with van der Waals surface area (Å²) in [6.45, 7) is 9.36. The Bertz CT molecular complexity index is 732. The van der Waals surface area contributed by atoms with Gasteiger partial charge in [0.05, 0.1) is 6.10 Å². The first kappa shape index (κ1) is 30.1. The maximum absolute atomic E-state index is 7.14. The van der Waals surface area contributed by atoms with Crippen LogP contribution in [0.2, 0.25) is 18.1 Å². The van der Waals surface area contributed by atoms with Gasteiger partial charge in [-0.3, -0.25) is 0 Å². The molecule has 0 fully saturated rings. The van der Waals surface area contributed by atoms with Gasteiger partial charge in [0.2, 0.25) is 0 Å². The minimum absolute atomic E-state index is 0. The molecule has 2 aliphatic rings. The second-order valence-corrected chi connectivity index (χ2v) is 12.8. The van der Waals surface area contributed by atoms with Crippen LogP contribution in [-0.2, 0) is 37.1 Å². The fourth-order valence-electron chi connectivity index (χ4n) is 4.76. The third kappa shape index (κ3) is 6.79. The molecular weight excluding hydrogens is 506 g/mol. The van der Waals surface area contributed by atoms with Crippen LogP contribution in [-0.4, -0.2) is 14.4 Å². The Hall–Kier alpha value is 0.0800. The van der Waals surface area contributed by atoms with Crippen LogP contribution in [0.5, 0.6) is 0 Å². The van der Waals surface area contributed by atoms with Gasteiger partial charge in [-0.15, -0.1) is 0 Å². The van der Waals surface area contributed by atoms with Gasteiger partial charge in [0.1, 0.15) is 0 Å². The molecule has 164 valence electrons. The topological polar surface area (TPSA) is 9.23 Å². The summed E-state index contributed by atoms with van der Waals surface area (Å²) in [7, 11) is -1.66. The summed E-state index contributed by atoms with van der Waals surface area (Å²) in [5.41, 5.74) is 5.95. The van der Waals surface area contributed by atoms with Crippen molar-refractivity contribution in [1.82, 2.24) is 0 Å². The maximum atomic E-state index is 7.14. The van der Waals surface area contributed by atoms with E-state index in [-0.39, 0.29) is 57.1 Å². The number of hydrogen-bond donors (Lipinski definition) is 0. The predicted octanol–water partition coefficient (Wildman–Crippen LogP) is 1.32. The molecule has 0 spiro atoms. The molecule has 1 nitrogen and oxygen atoms in total. The first-order valence-corrected chi connectivity index (χ1v) is 13.5. The van der Waals surface area contributed by atoms with Crippen LogP contribution in [0.4, 0.5) is 0 Å². The third-order valence-corrected chi connectivity index (χ3v) is 11.5. The van der Waals surface area contributed by atoms with Gasteiger partial charge in [-0.05, 0) is 66.4 Å². The summed E-state index contributed by atoms with van der Waals surface area (Å²) in [5, 5.41) is 0. The minimum Gasteiger partial charge on any atom is -1.00 e. The average Bonchev–Trinajstić information content (AvgIpc) is 3.39. The van der Waals surface area contributed by atoms with Gasteiger partial charge >= 0.3 is 26.2 Å². The second-order valence-electron chi connectivity index (χ2n) is 8.09. The Balaban J connectivity index is 0.00000280. The van der Waals surface area contributed by atoms with Crippen LogP contribution in [0.15, 0.2) is 54.1 Å². The van der Waals surface area contributed by atoms with Gasteiger partial charge in [-0.1, -0.05) is 81.8 Å². The van der Waals surface area contributed by atoms with E-state index in [4.69, 9.17) is 4.43 Å². The number of benzene rings is 1. The molecule has 0 aromatic heterocycles. The monoisotopic (exact) mass is 540 g/mol. The van der Waals surface area contributed by atoms with E-state index in [0.29, 0.717) is 5.92 Å². The minimum atomic E-state index is -1.66. The van der Waals surface area contributed by atoms with Crippen molar-refractivity contribution >= 4 is 13.9 Å². The molecule has 0 aliphatic heterocycles. The first-order chi connectivity index (χ1) is 13.2. The second kappa shape index (κ2) is 14.3. The molecule has 0 amide bonds. The number of halogens is 2. The normalized spacial score (nSPS) is 16.4. The van der Waals surface area contributed by atoms with Gasteiger partial charge in [0.25, 0.3) is 0 Å². The number of rotatable bonds is 10. The molecule has 1 aromatic carbocycles. The molecule has 3 rings (SSSR count).